The molecule has 1 aromatic carbocycles. The number of H-pyrrole nitrogens is 2. The Hall–Kier alpha value is -3.61. The van der Waals surface area contributed by atoms with Crippen molar-refractivity contribution in [2.45, 2.75) is 0 Å². The lowest BCUT2D eigenvalue weighted by Crippen LogP contribution is -2.04. The topological polar surface area (TPSA) is 214 Å². The van der Waals surface area contributed by atoms with Crippen LogP contribution in [-0.2, 0) is 0 Å². The maximum Gasteiger partial charge on any atom is 0.283 e. The number of imidazole rings is 1. The molecule has 0 aliphatic heterocycles. The van der Waals surface area contributed by atoms with Gasteiger partial charge in [0.1, 0.15) is 12.4 Å². The fourth-order valence-corrected chi connectivity index (χ4v) is 1.20. The Morgan fingerprint density at radius 3 is 1.68 bits per heavy atom. The second-order valence-corrected chi connectivity index (χ2v) is 3.40. The third kappa shape index (κ3) is 4.49. The van der Waals surface area contributed by atoms with Crippen LogP contribution < -0.4 is 10.1 Å². The molecule has 0 atom stereocenters. The molecule has 2 aromatic rings. The maximum atomic E-state index is 11.1. The summed E-state index contributed by atoms with van der Waals surface area (Å²) in [5.74, 6) is -1.46. The molecule has 0 amide bonds. The van der Waals surface area contributed by atoms with Crippen LogP contribution in [-0.4, -0.2) is 25.2 Å². The monoisotopic (exact) mass is 315 g/mol. The van der Waals surface area contributed by atoms with Crippen LogP contribution in [0.3, 0.4) is 0 Å². The van der Waals surface area contributed by atoms with E-state index in [1.807, 2.05) is 12.4 Å². The van der Waals surface area contributed by atoms with Crippen LogP contribution in [0.1, 0.15) is 0 Å². The van der Waals surface area contributed by atoms with Crippen molar-refractivity contribution >= 4 is 17.1 Å². The van der Waals surface area contributed by atoms with Gasteiger partial charge in [0.25, 0.3) is 17.1 Å². The predicted molar refractivity (Wildman–Crippen MR) is 66.8 cm³/mol. The van der Waals surface area contributed by atoms with Gasteiger partial charge in [-0.25, -0.2) is 0 Å². The summed E-state index contributed by atoms with van der Waals surface area (Å²) in [5.41, 5.74) is -3.26. The summed E-state index contributed by atoms with van der Waals surface area (Å²) in [7, 11) is 0. The van der Waals surface area contributed by atoms with Crippen molar-refractivity contribution in [3.63, 3.8) is 0 Å². The van der Waals surface area contributed by atoms with E-state index >= 15 is 0 Å². The van der Waals surface area contributed by atoms with Crippen LogP contribution >= 0.6 is 0 Å². The van der Waals surface area contributed by atoms with Crippen LogP contribution in [0.2, 0.25) is 0 Å². The maximum absolute atomic E-state index is 11.1. The normalized spacial score (nSPS) is 8.91. The molecule has 0 bridgehead atoms. The van der Waals surface area contributed by atoms with E-state index in [2.05, 4.69) is 9.97 Å². The van der Waals surface area contributed by atoms with Crippen molar-refractivity contribution in [1.82, 2.24) is 4.98 Å². The lowest BCUT2D eigenvalue weighted by atomic mass is 10.2. The van der Waals surface area contributed by atoms with E-state index in [1.54, 1.807) is 6.33 Å². The van der Waals surface area contributed by atoms with Crippen LogP contribution in [0.4, 0.5) is 17.1 Å². The van der Waals surface area contributed by atoms with E-state index in [4.69, 9.17) is 0 Å². The number of aromatic amines is 2. The van der Waals surface area contributed by atoms with E-state index in [1.165, 1.54) is 0 Å². The number of nitro groups is 3. The van der Waals surface area contributed by atoms with Crippen molar-refractivity contribution in [2.24, 2.45) is 0 Å². The molecule has 0 aliphatic carbocycles. The van der Waals surface area contributed by atoms with E-state index in [9.17, 15) is 35.4 Å². The van der Waals surface area contributed by atoms with Crippen LogP contribution in [0.5, 0.6) is 5.75 Å². The Balaban J connectivity index is 0.000000622. The largest absolute Gasteiger partial charge is 0.863 e. The molecule has 0 fully saturated rings. The zero-order valence-electron chi connectivity index (χ0n) is 10.6. The van der Waals surface area contributed by atoms with E-state index in [-0.39, 0.29) is 5.48 Å². The molecule has 0 saturated heterocycles. The smallest absolute Gasteiger partial charge is 0.283 e. The molecule has 2 rings (SSSR count). The van der Waals surface area contributed by atoms with Crippen LogP contribution in [0.15, 0.2) is 30.9 Å². The number of non-ortho nitro benzene ring substituents is 1. The molecule has 13 heteroatoms. The number of hydrogen-bond acceptors (Lipinski definition) is 7. The highest BCUT2D eigenvalue weighted by Gasteiger charge is 2.24. The Bertz CT molecular complexity index is 618. The lowest BCUT2D eigenvalue weighted by Gasteiger charge is -2.06. The minimum Gasteiger partial charge on any atom is -0.863 e. The molecule has 13 nitrogen and oxygen atoms in total. The molecule has 1 aromatic heterocycles. The summed E-state index contributed by atoms with van der Waals surface area (Å²) in [6, 6.07) is 0.769. The van der Waals surface area contributed by atoms with Crippen molar-refractivity contribution in [3.05, 3.63) is 61.2 Å². The number of rotatable bonds is 3. The van der Waals surface area contributed by atoms with Gasteiger partial charge in [-0.2, -0.15) is 0 Å². The zero-order chi connectivity index (χ0) is 16.0. The Morgan fingerprint density at radius 1 is 0.955 bits per heavy atom. The van der Waals surface area contributed by atoms with E-state index < -0.39 is 37.6 Å². The minimum atomic E-state index is -1.46. The molecule has 22 heavy (non-hydrogen) atoms. The second-order valence-electron chi connectivity index (χ2n) is 3.40. The Morgan fingerprint density at radius 2 is 1.45 bits per heavy atom. The Kier molecular flexibility index (Phi) is 6.56. The predicted octanol–water partition coefficient (Wildman–Crippen LogP) is -0.511. The van der Waals surface area contributed by atoms with Gasteiger partial charge in [-0.15, -0.1) is 0 Å². The molecule has 1 heterocycles. The summed E-state index contributed by atoms with van der Waals surface area (Å²) in [6.07, 6.45) is 5.39. The average molecular weight is 315 g/mol. The van der Waals surface area contributed by atoms with Crippen molar-refractivity contribution < 1.29 is 30.3 Å². The van der Waals surface area contributed by atoms with Crippen molar-refractivity contribution in [2.75, 3.05) is 0 Å². The quantitative estimate of drug-likeness (QED) is 0.577. The van der Waals surface area contributed by atoms with Gasteiger partial charge in [0, 0.05) is 0 Å². The molecule has 0 aliphatic rings. The van der Waals surface area contributed by atoms with Gasteiger partial charge in [-0.1, -0.05) is 0 Å². The summed E-state index contributed by atoms with van der Waals surface area (Å²) in [5, 5.41) is 42.1. The van der Waals surface area contributed by atoms with E-state index in [0.29, 0.717) is 12.1 Å². The zero-order valence-corrected chi connectivity index (χ0v) is 10.6. The number of benzene rings is 1. The van der Waals surface area contributed by atoms with Crippen molar-refractivity contribution in [3.8, 4) is 5.75 Å². The first-order valence-electron chi connectivity index (χ1n) is 5.11. The van der Waals surface area contributed by atoms with E-state index in [0.717, 1.165) is 0 Å². The average Bonchev–Trinajstić information content (AvgIpc) is 2.96. The highest BCUT2D eigenvalue weighted by molar-refractivity contribution is 5.63. The second kappa shape index (κ2) is 7.85. The molecule has 0 unspecified atom stereocenters. The molecule has 0 radical (unpaired) electrons. The summed E-state index contributed by atoms with van der Waals surface area (Å²) >= 11 is 0. The SMILES string of the molecule is O.O=[N+]([O-])c1cc([N+](=O)[O-])c([O-])c([N+](=O)[O-])c1.c1c[nH+]c[nH]1. The molecular formula is C9H9N5O8. The lowest BCUT2D eigenvalue weighted by molar-refractivity contribution is -0.420. The third-order valence-electron chi connectivity index (χ3n) is 2.08. The van der Waals surface area contributed by atoms with Gasteiger partial charge in [-0.3, -0.25) is 40.3 Å². The standard InChI is InChI=1S/C6H3N3O7.C3H4N2.H2O/c10-6-4(8(13)14)1-3(7(11)12)2-5(6)9(15)16;1-2-5-3-4-1;/h1-2,10H;1-3H,(H,4,5);1H2. The van der Waals surface area contributed by atoms with Crippen LogP contribution in [0.25, 0.3) is 0 Å². The number of nitro benzene ring substituents is 3. The first-order chi connectivity index (χ1) is 9.84. The number of nitrogens with one attached hydrogen (secondary N) is 2. The summed E-state index contributed by atoms with van der Waals surface area (Å²) in [4.78, 5) is 33.1. The number of nitrogens with zero attached hydrogens (tertiary/aromatic N) is 3. The first kappa shape index (κ1) is 18.4. The molecule has 0 saturated carbocycles. The van der Waals surface area contributed by atoms with Gasteiger partial charge in [0.15, 0.2) is 0 Å². The Labute approximate surface area is 120 Å². The highest BCUT2D eigenvalue weighted by Crippen LogP contribution is 2.36. The number of aromatic nitrogens is 2. The summed E-state index contributed by atoms with van der Waals surface area (Å²) < 4.78 is 0. The van der Waals surface area contributed by atoms with Gasteiger partial charge in [-0.05, 0) is 0 Å². The van der Waals surface area contributed by atoms with Gasteiger partial charge >= 0.3 is 0 Å². The van der Waals surface area contributed by atoms with Gasteiger partial charge in [0.2, 0.25) is 6.33 Å². The van der Waals surface area contributed by atoms with Gasteiger partial charge < -0.3 is 10.6 Å². The molecule has 4 N–H and O–H groups in total. The fraction of sp³-hybridized carbons (Fsp3) is 0. The summed E-state index contributed by atoms with van der Waals surface area (Å²) in [6.45, 7) is 0. The molecule has 0 spiro atoms. The number of hydrogen-bond donors (Lipinski definition) is 1. The third-order valence-corrected chi connectivity index (χ3v) is 2.08. The van der Waals surface area contributed by atoms with Crippen molar-refractivity contribution in [1.29, 1.82) is 0 Å². The minimum absolute atomic E-state index is 0. The molecule has 118 valence electrons. The fourth-order valence-electron chi connectivity index (χ4n) is 1.20. The molecular weight excluding hydrogens is 306 g/mol. The van der Waals surface area contributed by atoms with Gasteiger partial charge in [0.05, 0.1) is 32.7 Å². The van der Waals surface area contributed by atoms with Crippen LogP contribution in [0, 0.1) is 30.3 Å². The highest BCUT2D eigenvalue weighted by atomic mass is 16.6. The first-order valence-corrected chi connectivity index (χ1v) is 5.11.